The number of para-hydroxylation sites is 1. The summed E-state index contributed by atoms with van der Waals surface area (Å²) in [5.74, 6) is -0.0691. The van der Waals surface area contributed by atoms with Crippen molar-refractivity contribution in [3.8, 4) is 11.9 Å². The predicted molar refractivity (Wildman–Crippen MR) is 72.1 cm³/mol. The van der Waals surface area contributed by atoms with Crippen LogP contribution in [0.25, 0.3) is 16.7 Å². The second-order valence-electron chi connectivity index (χ2n) is 4.18. The fraction of sp³-hybridized carbons (Fsp3) is 0. The molecule has 0 radical (unpaired) electrons. The summed E-state index contributed by atoms with van der Waals surface area (Å²) in [4.78, 5) is 20.0. The Hall–Kier alpha value is -3.20. The normalized spacial score (nSPS) is 10.3. The summed E-state index contributed by atoms with van der Waals surface area (Å²) < 4.78 is 1.65. The van der Waals surface area contributed by atoms with Gasteiger partial charge in [-0.25, -0.2) is 9.97 Å². The molecule has 6 heteroatoms. The van der Waals surface area contributed by atoms with Crippen LogP contribution in [0.2, 0.25) is 0 Å². The molecule has 2 N–H and O–H groups in total. The second kappa shape index (κ2) is 4.48. The van der Waals surface area contributed by atoms with Gasteiger partial charge in [0, 0.05) is 17.8 Å². The van der Waals surface area contributed by atoms with Gasteiger partial charge in [0.2, 0.25) is 5.91 Å². The summed E-state index contributed by atoms with van der Waals surface area (Å²) in [6, 6.07) is 8.73. The lowest BCUT2D eigenvalue weighted by molar-refractivity contribution is 0.100. The molecule has 0 saturated heterocycles. The third kappa shape index (κ3) is 1.78. The number of amides is 1. The number of benzene rings is 1. The van der Waals surface area contributed by atoms with Gasteiger partial charge in [-0.3, -0.25) is 9.36 Å². The molecule has 2 heterocycles. The van der Waals surface area contributed by atoms with Crippen LogP contribution >= 0.6 is 0 Å². The zero-order valence-corrected chi connectivity index (χ0v) is 10.3. The maximum absolute atomic E-state index is 11.6. The summed E-state index contributed by atoms with van der Waals surface area (Å²) in [5, 5.41) is 9.73. The minimum Gasteiger partial charge on any atom is -0.366 e. The zero-order valence-electron chi connectivity index (χ0n) is 10.3. The molecule has 0 aliphatic heterocycles. The Morgan fingerprint density at radius 3 is 2.90 bits per heavy atom. The van der Waals surface area contributed by atoms with Crippen LogP contribution in [0.3, 0.4) is 0 Å². The maximum Gasteiger partial charge on any atom is 0.249 e. The monoisotopic (exact) mass is 263 g/mol. The number of imidazole rings is 1. The average Bonchev–Trinajstić information content (AvgIpc) is 2.99. The minimum absolute atomic E-state index is 0.329. The largest absolute Gasteiger partial charge is 0.366 e. The number of fused-ring (bicyclic) bond motifs is 1. The summed E-state index contributed by atoms with van der Waals surface area (Å²) in [5.41, 5.74) is 6.60. The molecule has 0 bridgehead atoms. The van der Waals surface area contributed by atoms with Gasteiger partial charge in [-0.2, -0.15) is 5.26 Å². The second-order valence-corrected chi connectivity index (χ2v) is 4.18. The van der Waals surface area contributed by atoms with Crippen molar-refractivity contribution in [3.63, 3.8) is 0 Å². The quantitative estimate of drug-likeness (QED) is 0.755. The number of rotatable bonds is 2. The number of primary amides is 1. The Bertz CT molecular complexity index is 846. The lowest BCUT2D eigenvalue weighted by atomic mass is 10.0. The van der Waals surface area contributed by atoms with Crippen LogP contribution in [0.15, 0.2) is 43.0 Å². The van der Waals surface area contributed by atoms with Gasteiger partial charge in [-0.15, -0.1) is 0 Å². The van der Waals surface area contributed by atoms with Crippen LogP contribution < -0.4 is 5.73 Å². The van der Waals surface area contributed by atoms with Crippen molar-refractivity contribution in [1.29, 1.82) is 5.26 Å². The maximum atomic E-state index is 11.6. The number of nitrogens with zero attached hydrogens (tertiary/aromatic N) is 4. The van der Waals surface area contributed by atoms with Crippen LogP contribution in [0.1, 0.15) is 15.9 Å². The van der Waals surface area contributed by atoms with E-state index in [2.05, 4.69) is 16.0 Å². The standard InChI is InChI=1S/C14H9N5O/c15-7-9-2-1-3-10-11(14(16)20)6-12(18-13(9)10)19-5-4-17-8-19/h1-6,8H,(H2,16,20). The molecule has 0 fully saturated rings. The van der Waals surface area contributed by atoms with Crippen LogP contribution in [0.4, 0.5) is 0 Å². The third-order valence-electron chi connectivity index (χ3n) is 2.98. The molecule has 0 aliphatic rings. The number of hydrogen-bond donors (Lipinski definition) is 1. The van der Waals surface area contributed by atoms with Gasteiger partial charge < -0.3 is 5.73 Å². The fourth-order valence-electron chi connectivity index (χ4n) is 2.06. The average molecular weight is 263 g/mol. The number of hydrogen-bond acceptors (Lipinski definition) is 4. The van der Waals surface area contributed by atoms with Crippen LogP contribution in [-0.2, 0) is 0 Å². The van der Waals surface area contributed by atoms with E-state index in [0.29, 0.717) is 27.8 Å². The highest BCUT2D eigenvalue weighted by molar-refractivity contribution is 6.06. The molecule has 96 valence electrons. The zero-order chi connectivity index (χ0) is 14.1. The molecule has 3 rings (SSSR count). The van der Waals surface area contributed by atoms with Crippen molar-refractivity contribution in [3.05, 3.63) is 54.1 Å². The van der Waals surface area contributed by atoms with Crippen LogP contribution in [0.5, 0.6) is 0 Å². The van der Waals surface area contributed by atoms with Crippen molar-refractivity contribution >= 4 is 16.8 Å². The molecule has 0 aliphatic carbocycles. The van der Waals surface area contributed by atoms with E-state index in [0.717, 1.165) is 0 Å². The molecule has 2 aromatic heterocycles. The van der Waals surface area contributed by atoms with Gasteiger partial charge in [0.15, 0.2) is 0 Å². The van der Waals surface area contributed by atoms with E-state index in [9.17, 15) is 4.79 Å². The van der Waals surface area contributed by atoms with Gasteiger partial charge in [0.1, 0.15) is 18.2 Å². The lowest BCUT2D eigenvalue weighted by Crippen LogP contribution is -2.13. The van der Waals surface area contributed by atoms with Crippen LogP contribution in [0, 0.1) is 11.3 Å². The van der Waals surface area contributed by atoms with Crippen molar-refractivity contribution < 1.29 is 4.79 Å². The molecule has 3 aromatic rings. The van der Waals surface area contributed by atoms with E-state index < -0.39 is 5.91 Å². The highest BCUT2D eigenvalue weighted by atomic mass is 16.1. The van der Waals surface area contributed by atoms with Gasteiger partial charge in [-0.1, -0.05) is 12.1 Å². The van der Waals surface area contributed by atoms with Gasteiger partial charge in [-0.05, 0) is 12.1 Å². The summed E-state index contributed by atoms with van der Waals surface area (Å²) in [7, 11) is 0. The molecule has 0 atom stereocenters. The number of pyridine rings is 1. The number of carbonyl (C=O) groups excluding carboxylic acids is 1. The van der Waals surface area contributed by atoms with Gasteiger partial charge >= 0.3 is 0 Å². The van der Waals surface area contributed by atoms with Gasteiger partial charge in [0.25, 0.3) is 0 Å². The molecular formula is C14H9N5O. The lowest BCUT2D eigenvalue weighted by Gasteiger charge is -2.08. The van der Waals surface area contributed by atoms with E-state index in [1.165, 1.54) is 0 Å². The number of aromatic nitrogens is 3. The molecule has 0 saturated carbocycles. The van der Waals surface area contributed by atoms with Crippen molar-refractivity contribution in [2.24, 2.45) is 5.73 Å². The first-order chi connectivity index (χ1) is 9.70. The third-order valence-corrected chi connectivity index (χ3v) is 2.98. The minimum atomic E-state index is -0.561. The smallest absolute Gasteiger partial charge is 0.249 e. The first-order valence-corrected chi connectivity index (χ1v) is 5.82. The van der Waals surface area contributed by atoms with Gasteiger partial charge in [0.05, 0.1) is 16.6 Å². The van der Waals surface area contributed by atoms with Crippen molar-refractivity contribution in [2.45, 2.75) is 0 Å². The SMILES string of the molecule is N#Cc1cccc2c(C(N)=O)cc(-n3ccnc3)nc12. The Kier molecular flexibility index (Phi) is 2.66. The van der Waals surface area contributed by atoms with Crippen LogP contribution in [-0.4, -0.2) is 20.4 Å². The topological polar surface area (TPSA) is 97.6 Å². The summed E-state index contributed by atoms with van der Waals surface area (Å²) in [6.07, 6.45) is 4.87. The number of carbonyl (C=O) groups is 1. The fourth-order valence-corrected chi connectivity index (χ4v) is 2.06. The van der Waals surface area contributed by atoms with E-state index in [1.54, 1.807) is 47.6 Å². The molecule has 1 aromatic carbocycles. The van der Waals surface area contributed by atoms with E-state index in [1.807, 2.05) is 0 Å². The molecule has 20 heavy (non-hydrogen) atoms. The Balaban J connectivity index is 2.41. The number of nitrogens with two attached hydrogens (primary N) is 1. The molecule has 0 spiro atoms. The first-order valence-electron chi connectivity index (χ1n) is 5.82. The Morgan fingerprint density at radius 1 is 1.40 bits per heavy atom. The molecule has 1 amide bonds. The highest BCUT2D eigenvalue weighted by Crippen LogP contribution is 2.22. The Morgan fingerprint density at radius 2 is 2.25 bits per heavy atom. The van der Waals surface area contributed by atoms with E-state index >= 15 is 0 Å². The Labute approximate surface area is 114 Å². The summed E-state index contributed by atoms with van der Waals surface area (Å²) in [6.45, 7) is 0. The highest BCUT2D eigenvalue weighted by Gasteiger charge is 2.13. The van der Waals surface area contributed by atoms with Crippen molar-refractivity contribution in [1.82, 2.24) is 14.5 Å². The van der Waals surface area contributed by atoms with E-state index in [-0.39, 0.29) is 0 Å². The molecule has 0 unspecified atom stereocenters. The number of nitriles is 1. The van der Waals surface area contributed by atoms with Crippen molar-refractivity contribution in [2.75, 3.05) is 0 Å². The predicted octanol–water partition coefficient (Wildman–Crippen LogP) is 1.39. The first kappa shape index (κ1) is 11.9. The summed E-state index contributed by atoms with van der Waals surface area (Å²) >= 11 is 0. The molecular weight excluding hydrogens is 254 g/mol. The molecule has 6 nitrogen and oxygen atoms in total. The van der Waals surface area contributed by atoms with E-state index in [4.69, 9.17) is 11.0 Å².